The highest BCUT2D eigenvalue weighted by Crippen LogP contribution is 2.52. The average molecular weight is 297 g/mol. The van der Waals surface area contributed by atoms with Crippen LogP contribution in [0.5, 0.6) is 5.75 Å². The molecule has 1 atom stereocenters. The van der Waals surface area contributed by atoms with E-state index in [0.717, 1.165) is 22.2 Å². The first-order valence-electron chi connectivity index (χ1n) is 5.79. The van der Waals surface area contributed by atoms with Crippen molar-refractivity contribution in [3.05, 3.63) is 28.2 Å². The maximum atomic E-state index is 12.0. The number of methoxy groups -OCH3 is 1. The third kappa shape index (κ3) is 2.71. The molecule has 1 fully saturated rings. The lowest BCUT2D eigenvalue weighted by Crippen LogP contribution is -2.09. The smallest absolute Gasteiger partial charge is 0.140 e. The van der Waals surface area contributed by atoms with Gasteiger partial charge >= 0.3 is 0 Å². The average Bonchev–Trinajstić information content (AvgIpc) is 2.88. The minimum Gasteiger partial charge on any atom is -0.496 e. The highest BCUT2D eigenvalue weighted by molar-refractivity contribution is 9.10. The van der Waals surface area contributed by atoms with Crippen molar-refractivity contribution in [1.29, 1.82) is 0 Å². The minimum absolute atomic E-state index is 0.223. The van der Waals surface area contributed by atoms with Crippen LogP contribution in [0.15, 0.2) is 22.7 Å². The molecule has 1 aromatic carbocycles. The van der Waals surface area contributed by atoms with Gasteiger partial charge in [0.25, 0.3) is 0 Å². The predicted molar refractivity (Wildman–Crippen MR) is 71.3 cm³/mol. The van der Waals surface area contributed by atoms with E-state index in [-0.39, 0.29) is 11.3 Å². The summed E-state index contributed by atoms with van der Waals surface area (Å²) in [4.78, 5) is 12.0. The summed E-state index contributed by atoms with van der Waals surface area (Å²) >= 11 is 3.44. The normalized spacial score (nSPS) is 21.1. The minimum atomic E-state index is 0.223. The van der Waals surface area contributed by atoms with E-state index in [1.807, 2.05) is 18.2 Å². The van der Waals surface area contributed by atoms with Crippen molar-refractivity contribution in [2.45, 2.75) is 26.7 Å². The van der Waals surface area contributed by atoms with Crippen LogP contribution in [0.3, 0.4) is 0 Å². The first kappa shape index (κ1) is 12.6. The fraction of sp³-hybridized carbons (Fsp3) is 0.500. The molecule has 1 aliphatic carbocycles. The van der Waals surface area contributed by atoms with Crippen LogP contribution in [0, 0.1) is 11.3 Å². The molecule has 0 spiro atoms. The molecule has 0 aromatic heterocycles. The van der Waals surface area contributed by atoms with Crippen molar-refractivity contribution in [2.24, 2.45) is 11.3 Å². The van der Waals surface area contributed by atoms with Gasteiger partial charge in [-0.3, -0.25) is 4.79 Å². The van der Waals surface area contributed by atoms with Crippen molar-refractivity contribution in [2.75, 3.05) is 7.11 Å². The number of hydrogen-bond acceptors (Lipinski definition) is 2. The van der Waals surface area contributed by atoms with Crippen LogP contribution in [-0.2, 0) is 11.2 Å². The molecule has 0 radical (unpaired) electrons. The van der Waals surface area contributed by atoms with Crippen LogP contribution in [0.4, 0.5) is 0 Å². The zero-order valence-corrected chi connectivity index (χ0v) is 12.0. The van der Waals surface area contributed by atoms with E-state index >= 15 is 0 Å². The molecule has 17 heavy (non-hydrogen) atoms. The zero-order valence-electron chi connectivity index (χ0n) is 10.4. The van der Waals surface area contributed by atoms with Gasteiger partial charge in [-0.1, -0.05) is 19.9 Å². The number of Topliss-reactive ketones (excluding diaryl/α,β-unsaturated/α-hetero) is 1. The molecular formula is C14H17BrO2. The largest absolute Gasteiger partial charge is 0.496 e. The van der Waals surface area contributed by atoms with Crippen LogP contribution in [0.25, 0.3) is 0 Å². The Kier molecular flexibility index (Phi) is 3.30. The molecule has 1 aliphatic rings. The van der Waals surface area contributed by atoms with Gasteiger partial charge in [-0.2, -0.15) is 0 Å². The quantitative estimate of drug-likeness (QED) is 0.848. The molecule has 0 aliphatic heterocycles. The Labute approximate surface area is 110 Å². The van der Waals surface area contributed by atoms with Crippen molar-refractivity contribution in [1.82, 2.24) is 0 Å². The number of carbonyl (C=O) groups excluding carboxylic acids is 1. The molecule has 0 bridgehead atoms. The summed E-state index contributed by atoms with van der Waals surface area (Å²) < 4.78 is 6.07. The number of halogens is 1. The molecule has 92 valence electrons. The fourth-order valence-corrected chi connectivity index (χ4v) is 2.75. The Morgan fingerprint density at radius 1 is 1.53 bits per heavy atom. The summed E-state index contributed by atoms with van der Waals surface area (Å²) in [6, 6.07) is 5.81. The molecular weight excluding hydrogens is 280 g/mol. The van der Waals surface area contributed by atoms with Gasteiger partial charge in [0, 0.05) is 12.3 Å². The molecule has 0 saturated heterocycles. The van der Waals surface area contributed by atoms with Gasteiger partial charge in [0.1, 0.15) is 11.5 Å². The third-order valence-corrected chi connectivity index (χ3v) is 4.12. The van der Waals surface area contributed by atoms with E-state index in [0.29, 0.717) is 12.2 Å². The lowest BCUT2D eigenvalue weighted by Gasteiger charge is -2.06. The fourth-order valence-electron chi connectivity index (χ4n) is 2.16. The van der Waals surface area contributed by atoms with Crippen molar-refractivity contribution < 1.29 is 9.53 Å². The highest BCUT2D eigenvalue weighted by atomic mass is 79.9. The van der Waals surface area contributed by atoms with E-state index in [1.54, 1.807) is 7.11 Å². The molecule has 0 amide bonds. The van der Waals surface area contributed by atoms with Gasteiger partial charge in [0.05, 0.1) is 11.6 Å². The maximum Gasteiger partial charge on any atom is 0.140 e. The third-order valence-electron chi connectivity index (χ3n) is 3.50. The van der Waals surface area contributed by atoms with Gasteiger partial charge in [0.15, 0.2) is 0 Å². The van der Waals surface area contributed by atoms with Crippen molar-refractivity contribution >= 4 is 21.7 Å². The second kappa shape index (κ2) is 4.45. The van der Waals surface area contributed by atoms with Crippen LogP contribution in [0.2, 0.25) is 0 Å². The number of ketones is 1. The van der Waals surface area contributed by atoms with E-state index < -0.39 is 0 Å². The second-order valence-corrected chi connectivity index (χ2v) is 6.21. The van der Waals surface area contributed by atoms with Gasteiger partial charge in [-0.15, -0.1) is 0 Å². The molecule has 2 rings (SSSR count). The Bertz CT molecular complexity index is 452. The monoisotopic (exact) mass is 296 g/mol. The Morgan fingerprint density at radius 2 is 2.18 bits per heavy atom. The lowest BCUT2D eigenvalue weighted by molar-refractivity contribution is -0.120. The zero-order chi connectivity index (χ0) is 12.6. The number of hydrogen-bond donors (Lipinski definition) is 0. The first-order chi connectivity index (χ1) is 7.94. The molecule has 1 unspecified atom stereocenters. The van der Waals surface area contributed by atoms with Gasteiger partial charge < -0.3 is 4.74 Å². The summed E-state index contributed by atoms with van der Waals surface area (Å²) in [6.07, 6.45) is 1.56. The highest BCUT2D eigenvalue weighted by Gasteiger charge is 2.49. The van der Waals surface area contributed by atoms with E-state index in [2.05, 4.69) is 29.8 Å². The van der Waals surface area contributed by atoms with Gasteiger partial charge in [-0.05, 0) is 45.5 Å². The topological polar surface area (TPSA) is 26.3 Å². The van der Waals surface area contributed by atoms with Gasteiger partial charge in [-0.25, -0.2) is 0 Å². The standard InChI is InChI=1S/C14H17BrO2/c1-14(2)8-10(14)12(16)7-9-4-5-13(17-3)11(15)6-9/h4-6,10H,7-8H2,1-3H3. The van der Waals surface area contributed by atoms with Crippen LogP contribution in [-0.4, -0.2) is 12.9 Å². The number of benzene rings is 1. The van der Waals surface area contributed by atoms with Crippen molar-refractivity contribution in [3.8, 4) is 5.75 Å². The summed E-state index contributed by atoms with van der Waals surface area (Å²) in [7, 11) is 1.64. The van der Waals surface area contributed by atoms with Crippen molar-refractivity contribution in [3.63, 3.8) is 0 Å². The summed E-state index contributed by atoms with van der Waals surface area (Å²) in [5, 5.41) is 0. The SMILES string of the molecule is COc1ccc(CC(=O)C2CC2(C)C)cc1Br. The van der Waals surface area contributed by atoms with Crippen LogP contribution in [0.1, 0.15) is 25.8 Å². The summed E-state index contributed by atoms with van der Waals surface area (Å²) in [5.41, 5.74) is 1.27. The first-order valence-corrected chi connectivity index (χ1v) is 6.58. The Balaban J connectivity index is 2.05. The second-order valence-electron chi connectivity index (χ2n) is 5.36. The Hall–Kier alpha value is -0.830. The molecule has 2 nitrogen and oxygen atoms in total. The predicted octanol–water partition coefficient (Wildman–Crippen LogP) is 3.62. The molecule has 1 saturated carbocycles. The van der Waals surface area contributed by atoms with Crippen LogP contribution < -0.4 is 4.74 Å². The number of rotatable bonds is 4. The van der Waals surface area contributed by atoms with E-state index in [1.165, 1.54) is 0 Å². The summed E-state index contributed by atoms with van der Waals surface area (Å²) in [5.74, 6) is 1.41. The molecule has 0 N–H and O–H groups in total. The Morgan fingerprint density at radius 3 is 2.65 bits per heavy atom. The summed E-state index contributed by atoms with van der Waals surface area (Å²) in [6.45, 7) is 4.30. The molecule has 1 aromatic rings. The maximum absolute atomic E-state index is 12.0. The van der Waals surface area contributed by atoms with Crippen LogP contribution >= 0.6 is 15.9 Å². The number of ether oxygens (including phenoxy) is 1. The van der Waals surface area contributed by atoms with Gasteiger partial charge in [0.2, 0.25) is 0 Å². The molecule has 0 heterocycles. The van der Waals surface area contributed by atoms with E-state index in [4.69, 9.17) is 4.74 Å². The number of carbonyl (C=O) groups is 1. The lowest BCUT2D eigenvalue weighted by atomic mass is 10.0. The molecule has 3 heteroatoms. The van der Waals surface area contributed by atoms with E-state index in [9.17, 15) is 4.79 Å².